The maximum absolute atomic E-state index is 5.54. The van der Waals surface area contributed by atoms with Crippen molar-refractivity contribution in [3.05, 3.63) is 59.9 Å². The van der Waals surface area contributed by atoms with Gasteiger partial charge in [0.05, 0.1) is 13.1 Å². The molecule has 0 aliphatic rings. The van der Waals surface area contributed by atoms with Gasteiger partial charge in [-0.05, 0) is 30.7 Å². The number of pyridine rings is 2. The van der Waals surface area contributed by atoms with Crippen LogP contribution in [0.1, 0.15) is 5.56 Å². The van der Waals surface area contributed by atoms with Crippen molar-refractivity contribution in [2.75, 3.05) is 18.1 Å². The van der Waals surface area contributed by atoms with E-state index >= 15 is 0 Å². The van der Waals surface area contributed by atoms with Gasteiger partial charge in [-0.3, -0.25) is 0 Å². The van der Waals surface area contributed by atoms with Crippen LogP contribution in [0.3, 0.4) is 0 Å². The molecule has 2 rings (SSSR count). The van der Waals surface area contributed by atoms with Crippen LogP contribution in [-0.4, -0.2) is 22.7 Å². The average Bonchev–Trinajstić information content (AvgIpc) is 2.40. The molecule has 4 heteroatoms. The van der Waals surface area contributed by atoms with Gasteiger partial charge in [0.25, 0.3) is 0 Å². The second-order valence-electron chi connectivity index (χ2n) is 4.31. The van der Waals surface area contributed by atoms with E-state index in [0.717, 1.165) is 21.2 Å². The standard InChI is InChI=1S/C15H17N3S/c1-4-9-17(10-5-2)18-14-13(7-6-8-16-14)11-12(3)15(18)19/h4-8,11H,1-2,9-10H2,3H3. The van der Waals surface area contributed by atoms with Crippen LogP contribution < -0.4 is 5.01 Å². The molecule has 0 spiro atoms. The molecule has 0 fully saturated rings. The second-order valence-corrected chi connectivity index (χ2v) is 4.70. The average molecular weight is 271 g/mol. The van der Waals surface area contributed by atoms with Crippen molar-refractivity contribution in [3.8, 4) is 0 Å². The predicted octanol–water partition coefficient (Wildman–Crippen LogP) is 3.38. The first-order chi connectivity index (χ1) is 9.19. The van der Waals surface area contributed by atoms with Crippen LogP contribution in [0.25, 0.3) is 11.0 Å². The van der Waals surface area contributed by atoms with Gasteiger partial charge in [-0.15, -0.1) is 13.2 Å². The zero-order chi connectivity index (χ0) is 13.8. The molecule has 2 aromatic rings. The van der Waals surface area contributed by atoms with Gasteiger partial charge in [0.2, 0.25) is 0 Å². The number of rotatable bonds is 5. The molecule has 0 radical (unpaired) electrons. The van der Waals surface area contributed by atoms with Gasteiger partial charge < -0.3 is 5.01 Å². The third-order valence-corrected chi connectivity index (χ3v) is 3.38. The predicted molar refractivity (Wildman–Crippen MR) is 83.6 cm³/mol. The molecular formula is C15H17N3S. The molecule has 19 heavy (non-hydrogen) atoms. The minimum absolute atomic E-state index is 0.690. The van der Waals surface area contributed by atoms with Crippen LogP contribution in [0.4, 0.5) is 0 Å². The summed E-state index contributed by atoms with van der Waals surface area (Å²) in [7, 11) is 0. The molecule has 0 aromatic carbocycles. The van der Waals surface area contributed by atoms with Crippen LogP contribution in [-0.2, 0) is 0 Å². The van der Waals surface area contributed by atoms with Crippen LogP contribution in [0, 0.1) is 11.6 Å². The third kappa shape index (κ3) is 2.58. The van der Waals surface area contributed by atoms with Gasteiger partial charge in [-0.25, -0.2) is 9.66 Å². The van der Waals surface area contributed by atoms with Crippen LogP contribution >= 0.6 is 12.2 Å². The molecule has 0 atom stereocenters. The molecule has 98 valence electrons. The lowest BCUT2D eigenvalue weighted by atomic mass is 10.2. The third-order valence-electron chi connectivity index (χ3n) is 2.88. The van der Waals surface area contributed by atoms with E-state index in [4.69, 9.17) is 12.2 Å². The Morgan fingerprint density at radius 2 is 2.05 bits per heavy atom. The highest BCUT2D eigenvalue weighted by Gasteiger charge is 2.09. The molecular weight excluding hydrogens is 254 g/mol. The lowest BCUT2D eigenvalue weighted by Crippen LogP contribution is -2.36. The fraction of sp³-hybridized carbons (Fsp3) is 0.200. The van der Waals surface area contributed by atoms with Gasteiger partial charge in [-0.2, -0.15) is 0 Å². The van der Waals surface area contributed by atoms with Crippen LogP contribution in [0.5, 0.6) is 0 Å². The number of aryl methyl sites for hydroxylation is 1. The minimum Gasteiger partial charge on any atom is -0.302 e. The maximum atomic E-state index is 5.54. The van der Waals surface area contributed by atoms with Crippen molar-refractivity contribution in [1.29, 1.82) is 0 Å². The summed E-state index contributed by atoms with van der Waals surface area (Å²) in [5.74, 6) is 0. The monoisotopic (exact) mass is 271 g/mol. The number of hydrogen-bond donors (Lipinski definition) is 0. The molecule has 0 aliphatic heterocycles. The number of nitrogens with zero attached hydrogens (tertiary/aromatic N) is 3. The Hall–Kier alpha value is -1.94. The molecule has 0 amide bonds. The lowest BCUT2D eigenvalue weighted by molar-refractivity contribution is 0.661. The largest absolute Gasteiger partial charge is 0.302 e. The highest BCUT2D eigenvalue weighted by molar-refractivity contribution is 7.71. The Labute approximate surface area is 118 Å². The summed E-state index contributed by atoms with van der Waals surface area (Å²) in [5.41, 5.74) is 1.93. The zero-order valence-corrected chi connectivity index (χ0v) is 11.9. The molecule has 0 saturated carbocycles. The summed E-state index contributed by atoms with van der Waals surface area (Å²) >= 11 is 5.54. The first kappa shape index (κ1) is 13.5. The van der Waals surface area contributed by atoms with Crippen molar-refractivity contribution in [2.45, 2.75) is 6.92 Å². The van der Waals surface area contributed by atoms with E-state index in [1.807, 2.05) is 35.9 Å². The molecule has 3 nitrogen and oxygen atoms in total. The Morgan fingerprint density at radius 3 is 2.68 bits per heavy atom. The highest BCUT2D eigenvalue weighted by Crippen LogP contribution is 2.16. The Morgan fingerprint density at radius 1 is 1.37 bits per heavy atom. The Balaban J connectivity index is 2.74. The SMILES string of the molecule is C=CCN(CC=C)n1c(=S)c(C)cc2cccnc21. The molecule has 0 saturated heterocycles. The fourth-order valence-electron chi connectivity index (χ4n) is 2.06. The van der Waals surface area contributed by atoms with Crippen molar-refractivity contribution in [3.63, 3.8) is 0 Å². The van der Waals surface area contributed by atoms with E-state index in [1.165, 1.54) is 0 Å². The first-order valence-electron chi connectivity index (χ1n) is 6.13. The zero-order valence-electron chi connectivity index (χ0n) is 11.0. The van der Waals surface area contributed by atoms with Gasteiger partial charge in [-0.1, -0.05) is 24.4 Å². The molecule has 0 N–H and O–H groups in total. The maximum Gasteiger partial charge on any atom is 0.159 e. The van der Waals surface area contributed by atoms with Gasteiger partial charge in [0.1, 0.15) is 4.64 Å². The minimum atomic E-state index is 0.690. The summed E-state index contributed by atoms with van der Waals surface area (Å²) in [6, 6.07) is 6.04. The topological polar surface area (TPSA) is 21.1 Å². The number of hydrogen-bond acceptors (Lipinski definition) is 3. The Bertz CT molecular complexity index is 663. The van der Waals surface area contributed by atoms with E-state index in [1.54, 1.807) is 6.20 Å². The highest BCUT2D eigenvalue weighted by atomic mass is 32.1. The van der Waals surface area contributed by atoms with Gasteiger partial charge in [0, 0.05) is 11.6 Å². The molecule has 0 aliphatic carbocycles. The smallest absolute Gasteiger partial charge is 0.159 e. The summed E-state index contributed by atoms with van der Waals surface area (Å²) in [6.07, 6.45) is 5.48. The molecule has 0 unspecified atom stereocenters. The lowest BCUT2D eigenvalue weighted by Gasteiger charge is -2.26. The second kappa shape index (κ2) is 5.80. The molecule has 2 aromatic heterocycles. The quantitative estimate of drug-likeness (QED) is 0.614. The van der Waals surface area contributed by atoms with Crippen LogP contribution in [0.15, 0.2) is 49.7 Å². The normalized spacial score (nSPS) is 10.4. The summed E-state index contributed by atoms with van der Waals surface area (Å²) in [4.78, 5) is 4.45. The molecule has 2 heterocycles. The van der Waals surface area contributed by atoms with Crippen molar-refractivity contribution < 1.29 is 0 Å². The number of aromatic nitrogens is 2. The van der Waals surface area contributed by atoms with E-state index < -0.39 is 0 Å². The summed E-state index contributed by atoms with van der Waals surface area (Å²) in [6.45, 7) is 11.0. The summed E-state index contributed by atoms with van der Waals surface area (Å²) in [5, 5.41) is 3.15. The Kier molecular flexibility index (Phi) is 4.12. The first-order valence-corrected chi connectivity index (χ1v) is 6.54. The number of fused-ring (bicyclic) bond motifs is 1. The van der Waals surface area contributed by atoms with Crippen molar-refractivity contribution >= 4 is 23.3 Å². The van der Waals surface area contributed by atoms with Crippen LogP contribution in [0.2, 0.25) is 0 Å². The van der Waals surface area contributed by atoms with Crippen molar-refractivity contribution in [2.24, 2.45) is 0 Å². The van der Waals surface area contributed by atoms with E-state index in [2.05, 4.69) is 29.2 Å². The summed E-state index contributed by atoms with van der Waals surface area (Å²) < 4.78 is 2.75. The van der Waals surface area contributed by atoms with Gasteiger partial charge in [0.15, 0.2) is 5.65 Å². The fourth-order valence-corrected chi connectivity index (χ4v) is 2.32. The van der Waals surface area contributed by atoms with E-state index in [0.29, 0.717) is 13.1 Å². The van der Waals surface area contributed by atoms with Crippen molar-refractivity contribution in [1.82, 2.24) is 9.66 Å². The van der Waals surface area contributed by atoms with E-state index in [9.17, 15) is 0 Å². The van der Waals surface area contributed by atoms with E-state index in [-0.39, 0.29) is 0 Å². The molecule has 0 bridgehead atoms. The van der Waals surface area contributed by atoms with Gasteiger partial charge >= 0.3 is 0 Å².